The molecule has 0 aromatic carbocycles. The molecule has 60 valence electrons. The molecule has 1 heterocycles. The molecule has 4 heteroatoms. The monoisotopic (exact) mass is 163 g/mol. The predicted molar refractivity (Wildman–Crippen MR) is 40.8 cm³/mol. The van der Waals surface area contributed by atoms with E-state index in [9.17, 15) is 8.42 Å². The molecule has 1 saturated heterocycles. The summed E-state index contributed by atoms with van der Waals surface area (Å²) in [5.41, 5.74) is 0. The number of nitrogens with one attached hydrogen (secondary N) is 1. The van der Waals surface area contributed by atoms with Crippen molar-refractivity contribution in [3.8, 4) is 0 Å². The van der Waals surface area contributed by atoms with Gasteiger partial charge in [-0.1, -0.05) is 0 Å². The third-order valence-corrected chi connectivity index (χ3v) is 2.71. The molecule has 0 spiro atoms. The molecule has 1 aliphatic heterocycles. The first-order valence-corrected chi connectivity index (χ1v) is 4.91. The summed E-state index contributed by atoms with van der Waals surface area (Å²) in [7, 11) is -2.15. The summed E-state index contributed by atoms with van der Waals surface area (Å²) in [5, 5.41) is 3.19. The van der Waals surface area contributed by atoms with E-state index in [1.165, 1.54) is 0 Å². The van der Waals surface area contributed by atoms with Crippen molar-refractivity contribution in [1.82, 2.24) is 5.32 Å². The Morgan fingerprint density at radius 1 is 1.60 bits per heavy atom. The fourth-order valence-corrected chi connectivity index (χ4v) is 1.69. The van der Waals surface area contributed by atoms with Gasteiger partial charge in [-0.3, -0.25) is 0 Å². The first-order chi connectivity index (χ1) is 4.70. The van der Waals surface area contributed by atoms with Crippen LogP contribution in [0.5, 0.6) is 0 Å². The maximum absolute atomic E-state index is 10.2. The molecular formula is C6H13NO2S. The summed E-state index contributed by atoms with van der Waals surface area (Å²) in [6.45, 7) is 3.08. The van der Waals surface area contributed by atoms with E-state index in [4.69, 9.17) is 0 Å². The normalized spacial score (nSPS) is 32.2. The predicted octanol–water partition coefficient (Wildman–Crippen LogP) is -0.404. The van der Waals surface area contributed by atoms with Gasteiger partial charge in [-0.15, -0.1) is 0 Å². The second-order valence-electron chi connectivity index (χ2n) is 2.80. The highest BCUT2D eigenvalue weighted by molar-refractivity contribution is 7.72. The summed E-state index contributed by atoms with van der Waals surface area (Å²) >= 11 is 0. The fourth-order valence-electron chi connectivity index (χ4n) is 1.14. The smallest absolute Gasteiger partial charge is 0.140 e. The lowest BCUT2D eigenvalue weighted by molar-refractivity contribution is 0.245. The third kappa shape index (κ3) is 1.95. The zero-order valence-electron chi connectivity index (χ0n) is 6.04. The van der Waals surface area contributed by atoms with Crippen LogP contribution in [0.3, 0.4) is 0 Å². The van der Waals surface area contributed by atoms with Crippen molar-refractivity contribution in [1.29, 1.82) is 0 Å². The molecule has 0 saturated carbocycles. The molecule has 2 atom stereocenters. The number of hydrogen-bond acceptors (Lipinski definition) is 3. The number of hydrogen-bond donors (Lipinski definition) is 2. The van der Waals surface area contributed by atoms with Crippen LogP contribution in [0.25, 0.3) is 0 Å². The van der Waals surface area contributed by atoms with E-state index in [1.807, 2.05) is 0 Å². The van der Waals surface area contributed by atoms with E-state index < -0.39 is 10.7 Å². The summed E-state index contributed by atoms with van der Waals surface area (Å²) < 4.78 is 20.3. The fraction of sp³-hybridized carbons (Fsp3) is 1.00. The largest absolute Gasteiger partial charge is 0.314 e. The Bertz CT molecular complexity index is 171. The molecule has 0 aromatic heterocycles. The van der Waals surface area contributed by atoms with Crippen molar-refractivity contribution in [2.75, 3.05) is 12.3 Å². The number of thiol groups is 1. The van der Waals surface area contributed by atoms with Gasteiger partial charge < -0.3 is 5.32 Å². The molecule has 10 heavy (non-hydrogen) atoms. The average Bonchev–Trinajstić information content (AvgIpc) is 1.84. The first kappa shape index (κ1) is 8.01. The molecular weight excluding hydrogens is 150 g/mol. The van der Waals surface area contributed by atoms with Crippen LogP contribution >= 0.6 is 0 Å². The van der Waals surface area contributed by atoms with Gasteiger partial charge >= 0.3 is 0 Å². The second-order valence-corrected chi connectivity index (χ2v) is 3.91. The van der Waals surface area contributed by atoms with E-state index in [0.29, 0.717) is 17.7 Å². The van der Waals surface area contributed by atoms with Crippen LogP contribution in [0, 0.1) is 5.92 Å². The van der Waals surface area contributed by atoms with Crippen molar-refractivity contribution >= 4 is 10.7 Å². The van der Waals surface area contributed by atoms with Gasteiger partial charge in [0.15, 0.2) is 0 Å². The zero-order chi connectivity index (χ0) is 7.56. The second kappa shape index (κ2) is 3.34. The molecule has 0 aliphatic carbocycles. The summed E-state index contributed by atoms with van der Waals surface area (Å²) in [6.07, 6.45) is 0.826. The highest BCUT2D eigenvalue weighted by Gasteiger charge is 2.25. The van der Waals surface area contributed by atoms with Gasteiger partial charge in [0, 0.05) is 11.8 Å². The maximum atomic E-state index is 10.2. The summed E-state index contributed by atoms with van der Waals surface area (Å²) in [6, 6.07) is 0.523. The summed E-state index contributed by atoms with van der Waals surface area (Å²) in [4.78, 5) is 0. The van der Waals surface area contributed by atoms with Crippen LogP contribution in [0.1, 0.15) is 13.3 Å². The highest BCUT2D eigenvalue weighted by atomic mass is 32.2. The Labute approximate surface area is 62.8 Å². The Morgan fingerprint density at radius 3 is 2.60 bits per heavy atom. The quantitative estimate of drug-likeness (QED) is 0.556. The van der Waals surface area contributed by atoms with Gasteiger partial charge in [0.1, 0.15) is 10.7 Å². The van der Waals surface area contributed by atoms with Gasteiger partial charge in [0.25, 0.3) is 0 Å². The van der Waals surface area contributed by atoms with Crippen LogP contribution < -0.4 is 5.32 Å². The van der Waals surface area contributed by atoms with Crippen LogP contribution in [0.15, 0.2) is 0 Å². The van der Waals surface area contributed by atoms with E-state index in [1.54, 1.807) is 0 Å². The van der Waals surface area contributed by atoms with Gasteiger partial charge in [0.05, 0.1) is 0 Å². The van der Waals surface area contributed by atoms with Crippen molar-refractivity contribution < 1.29 is 8.42 Å². The van der Waals surface area contributed by atoms with E-state index in [2.05, 4.69) is 12.2 Å². The molecule has 1 aliphatic rings. The van der Waals surface area contributed by atoms with E-state index in [-0.39, 0.29) is 0 Å². The molecule has 0 bridgehead atoms. The molecule has 0 unspecified atom stereocenters. The van der Waals surface area contributed by atoms with Crippen molar-refractivity contribution in [2.45, 2.75) is 19.4 Å². The Balaban J connectivity index is 2.14. The Hall–Kier alpha value is -0.0900. The molecule has 1 N–H and O–H groups in total. The van der Waals surface area contributed by atoms with Crippen LogP contribution in [-0.4, -0.2) is 26.8 Å². The molecule has 0 radical (unpaired) electrons. The minimum Gasteiger partial charge on any atom is -0.314 e. The number of rotatable bonds is 3. The third-order valence-electron chi connectivity index (χ3n) is 2.09. The zero-order valence-corrected chi connectivity index (χ0v) is 6.93. The Morgan fingerprint density at radius 2 is 2.30 bits per heavy atom. The highest BCUT2D eigenvalue weighted by Crippen LogP contribution is 2.15. The SMILES string of the molecule is C[C@H]1NC[C@@H]1CC[SH](=O)=O. The van der Waals surface area contributed by atoms with Crippen LogP contribution in [-0.2, 0) is 10.7 Å². The molecule has 1 rings (SSSR count). The molecule has 3 nitrogen and oxygen atoms in total. The molecule has 0 aromatic rings. The first-order valence-electron chi connectivity index (χ1n) is 3.55. The maximum Gasteiger partial charge on any atom is 0.140 e. The standard InChI is InChI=1S/C6H13NO2S/c1-5-6(4-7-5)2-3-10(8)9/h5-7,10H,2-4H2,1H3/t5-,6+/m1/s1. The van der Waals surface area contributed by atoms with Crippen LogP contribution in [0.2, 0.25) is 0 Å². The Kier molecular flexibility index (Phi) is 2.68. The lowest BCUT2D eigenvalue weighted by Crippen LogP contribution is -2.51. The van der Waals surface area contributed by atoms with Crippen molar-refractivity contribution in [3.63, 3.8) is 0 Å². The minimum atomic E-state index is -2.15. The van der Waals surface area contributed by atoms with Gasteiger partial charge in [-0.25, -0.2) is 8.42 Å². The van der Waals surface area contributed by atoms with Gasteiger partial charge in [-0.05, 0) is 25.8 Å². The van der Waals surface area contributed by atoms with Gasteiger partial charge in [-0.2, -0.15) is 0 Å². The van der Waals surface area contributed by atoms with E-state index >= 15 is 0 Å². The lowest BCUT2D eigenvalue weighted by atomic mass is 9.91. The molecule has 1 fully saturated rings. The van der Waals surface area contributed by atoms with Gasteiger partial charge in [0.2, 0.25) is 0 Å². The minimum absolute atomic E-state index is 0.353. The topological polar surface area (TPSA) is 46.2 Å². The average molecular weight is 163 g/mol. The van der Waals surface area contributed by atoms with Crippen LogP contribution in [0.4, 0.5) is 0 Å². The van der Waals surface area contributed by atoms with E-state index in [0.717, 1.165) is 13.0 Å². The lowest BCUT2D eigenvalue weighted by Gasteiger charge is -2.35. The summed E-state index contributed by atoms with van der Waals surface area (Å²) in [5.74, 6) is 0.944. The van der Waals surface area contributed by atoms with Crippen molar-refractivity contribution in [3.05, 3.63) is 0 Å². The van der Waals surface area contributed by atoms with Crippen molar-refractivity contribution in [2.24, 2.45) is 5.92 Å². The molecule has 0 amide bonds.